The van der Waals surface area contributed by atoms with Gasteiger partial charge in [0.25, 0.3) is 5.91 Å². The van der Waals surface area contributed by atoms with E-state index in [-0.39, 0.29) is 17.1 Å². The lowest BCUT2D eigenvalue weighted by Gasteiger charge is -2.38. The molecule has 1 aliphatic heterocycles. The van der Waals surface area contributed by atoms with Crippen molar-refractivity contribution in [2.24, 2.45) is 0 Å². The van der Waals surface area contributed by atoms with Gasteiger partial charge in [-0.15, -0.1) is 11.3 Å². The second-order valence-corrected chi connectivity index (χ2v) is 6.98. The molecule has 0 radical (unpaired) electrons. The molecule has 3 rings (SSSR count). The first-order valence-electron chi connectivity index (χ1n) is 7.76. The molecule has 5 heteroatoms. The van der Waals surface area contributed by atoms with Crippen LogP contribution >= 0.6 is 11.3 Å². The molecular weight excluding hydrogens is 313 g/mol. The lowest BCUT2D eigenvalue weighted by molar-refractivity contribution is 0.0487. The van der Waals surface area contributed by atoms with Crippen LogP contribution in [0.2, 0.25) is 0 Å². The van der Waals surface area contributed by atoms with Crippen molar-refractivity contribution in [3.05, 3.63) is 57.5 Å². The summed E-state index contributed by atoms with van der Waals surface area (Å²) in [4.78, 5) is 13.1. The van der Waals surface area contributed by atoms with Gasteiger partial charge in [-0.2, -0.15) is 0 Å². The molecule has 0 spiro atoms. The van der Waals surface area contributed by atoms with Gasteiger partial charge in [0.15, 0.2) is 0 Å². The Labute approximate surface area is 139 Å². The maximum absolute atomic E-state index is 13.2. The second kappa shape index (κ2) is 6.81. The van der Waals surface area contributed by atoms with Crippen LogP contribution in [0.1, 0.15) is 33.6 Å². The fraction of sp³-hybridized carbons (Fsp3) is 0.389. The van der Waals surface area contributed by atoms with E-state index < -0.39 is 0 Å². The highest BCUT2D eigenvalue weighted by molar-refractivity contribution is 7.12. The Balaban J connectivity index is 1.76. The lowest BCUT2D eigenvalue weighted by atomic mass is 9.74. The third-order valence-corrected chi connectivity index (χ3v) is 5.49. The van der Waals surface area contributed by atoms with Crippen LogP contribution in [-0.2, 0) is 10.2 Å². The Hall–Kier alpha value is -1.72. The molecule has 0 atom stereocenters. The van der Waals surface area contributed by atoms with Crippen LogP contribution < -0.4 is 5.32 Å². The molecular formula is C18H20FNO2S. The standard InChI is InChI=1S/C18H20FNO2S/c1-13-10-16(23-11-13)17(21)20-12-18(6-8-22-9-7-18)14-2-4-15(19)5-3-14/h2-5,10-11H,6-9,12H2,1H3,(H,20,21). The number of thiophene rings is 1. The van der Waals surface area contributed by atoms with Gasteiger partial charge in [0.2, 0.25) is 0 Å². The van der Waals surface area contributed by atoms with Gasteiger partial charge < -0.3 is 10.1 Å². The molecule has 0 bridgehead atoms. The van der Waals surface area contributed by atoms with E-state index in [1.165, 1.54) is 23.5 Å². The molecule has 0 saturated carbocycles. The number of carbonyl (C=O) groups excluding carboxylic acids is 1. The molecule has 0 aliphatic carbocycles. The Morgan fingerprint density at radius 2 is 2.00 bits per heavy atom. The SMILES string of the molecule is Cc1csc(C(=O)NCC2(c3ccc(F)cc3)CCOCC2)c1. The summed E-state index contributed by atoms with van der Waals surface area (Å²) in [5.41, 5.74) is 1.97. The molecule has 1 saturated heterocycles. The molecule has 23 heavy (non-hydrogen) atoms. The van der Waals surface area contributed by atoms with Crippen molar-refractivity contribution >= 4 is 17.2 Å². The van der Waals surface area contributed by atoms with Crippen LogP contribution in [0, 0.1) is 12.7 Å². The summed E-state index contributed by atoms with van der Waals surface area (Å²) in [7, 11) is 0. The molecule has 1 amide bonds. The van der Waals surface area contributed by atoms with Gasteiger partial charge in [0.1, 0.15) is 5.82 Å². The van der Waals surface area contributed by atoms with Crippen LogP contribution in [0.25, 0.3) is 0 Å². The average molecular weight is 333 g/mol. The van der Waals surface area contributed by atoms with Crippen molar-refractivity contribution in [3.63, 3.8) is 0 Å². The van der Waals surface area contributed by atoms with E-state index in [0.29, 0.717) is 19.8 Å². The summed E-state index contributed by atoms with van der Waals surface area (Å²) in [6.07, 6.45) is 1.64. The Bertz CT molecular complexity index is 675. The molecule has 0 unspecified atom stereocenters. The average Bonchev–Trinajstić information content (AvgIpc) is 3.01. The molecule has 2 heterocycles. The first kappa shape index (κ1) is 16.1. The fourth-order valence-corrected chi connectivity index (χ4v) is 3.83. The number of hydrogen-bond acceptors (Lipinski definition) is 3. The molecule has 1 aliphatic rings. The normalized spacial score (nSPS) is 17.0. The van der Waals surface area contributed by atoms with Crippen molar-refractivity contribution in [2.45, 2.75) is 25.2 Å². The summed E-state index contributed by atoms with van der Waals surface area (Å²) >= 11 is 1.45. The summed E-state index contributed by atoms with van der Waals surface area (Å²) < 4.78 is 18.7. The number of rotatable bonds is 4. The fourth-order valence-electron chi connectivity index (χ4n) is 3.02. The van der Waals surface area contributed by atoms with Crippen molar-refractivity contribution < 1.29 is 13.9 Å². The summed E-state index contributed by atoms with van der Waals surface area (Å²) in [5.74, 6) is -0.287. The number of amides is 1. The zero-order valence-electron chi connectivity index (χ0n) is 13.1. The topological polar surface area (TPSA) is 38.3 Å². The van der Waals surface area contributed by atoms with E-state index in [2.05, 4.69) is 5.32 Å². The number of ether oxygens (including phenoxy) is 1. The van der Waals surface area contributed by atoms with Crippen LogP contribution in [0.4, 0.5) is 4.39 Å². The molecule has 1 fully saturated rings. The van der Waals surface area contributed by atoms with Crippen LogP contribution in [0.15, 0.2) is 35.7 Å². The minimum atomic E-state index is -0.242. The Morgan fingerprint density at radius 1 is 1.30 bits per heavy atom. The maximum atomic E-state index is 13.2. The summed E-state index contributed by atoms with van der Waals surface area (Å²) in [5, 5.41) is 5.03. The first-order valence-corrected chi connectivity index (χ1v) is 8.64. The third kappa shape index (κ3) is 3.62. The number of nitrogens with one attached hydrogen (secondary N) is 1. The van der Waals surface area contributed by atoms with Crippen molar-refractivity contribution in [2.75, 3.05) is 19.8 Å². The van der Waals surface area contributed by atoms with Gasteiger partial charge in [0, 0.05) is 25.2 Å². The van der Waals surface area contributed by atoms with Gasteiger partial charge in [-0.1, -0.05) is 12.1 Å². The number of hydrogen-bond donors (Lipinski definition) is 1. The van der Waals surface area contributed by atoms with Crippen LogP contribution in [0.3, 0.4) is 0 Å². The highest BCUT2D eigenvalue weighted by Crippen LogP contribution is 2.34. The molecule has 1 N–H and O–H groups in total. The van der Waals surface area contributed by atoms with E-state index in [1.807, 2.05) is 30.5 Å². The van der Waals surface area contributed by atoms with Crippen LogP contribution in [-0.4, -0.2) is 25.7 Å². The Morgan fingerprint density at radius 3 is 2.61 bits per heavy atom. The lowest BCUT2D eigenvalue weighted by Crippen LogP contribution is -2.44. The van der Waals surface area contributed by atoms with E-state index in [4.69, 9.17) is 4.74 Å². The quantitative estimate of drug-likeness (QED) is 0.927. The predicted octanol–water partition coefficient (Wildman–Crippen LogP) is 3.67. The highest BCUT2D eigenvalue weighted by Gasteiger charge is 2.35. The molecule has 122 valence electrons. The van der Waals surface area contributed by atoms with Crippen molar-refractivity contribution in [1.29, 1.82) is 0 Å². The molecule has 1 aromatic carbocycles. The van der Waals surface area contributed by atoms with E-state index >= 15 is 0 Å². The van der Waals surface area contributed by atoms with E-state index in [1.54, 1.807) is 0 Å². The maximum Gasteiger partial charge on any atom is 0.261 e. The zero-order chi connectivity index (χ0) is 16.3. The minimum absolute atomic E-state index is 0.0453. The Kier molecular flexibility index (Phi) is 4.78. The largest absolute Gasteiger partial charge is 0.381 e. The number of benzene rings is 1. The first-order chi connectivity index (χ1) is 11.1. The monoisotopic (exact) mass is 333 g/mol. The van der Waals surface area contributed by atoms with Crippen molar-refractivity contribution in [3.8, 4) is 0 Å². The molecule has 1 aromatic heterocycles. The van der Waals surface area contributed by atoms with Gasteiger partial charge in [0.05, 0.1) is 4.88 Å². The van der Waals surface area contributed by atoms with Crippen LogP contribution in [0.5, 0.6) is 0 Å². The van der Waals surface area contributed by atoms with Crippen molar-refractivity contribution in [1.82, 2.24) is 5.32 Å². The number of carbonyl (C=O) groups is 1. The molecule has 2 aromatic rings. The minimum Gasteiger partial charge on any atom is -0.381 e. The number of aryl methyl sites for hydroxylation is 1. The second-order valence-electron chi connectivity index (χ2n) is 6.07. The van der Waals surface area contributed by atoms with Gasteiger partial charge in [-0.05, 0) is 54.5 Å². The molecule has 3 nitrogen and oxygen atoms in total. The van der Waals surface area contributed by atoms with E-state index in [9.17, 15) is 9.18 Å². The third-order valence-electron chi connectivity index (χ3n) is 4.45. The summed E-state index contributed by atoms with van der Waals surface area (Å²) in [6.45, 7) is 3.83. The van der Waals surface area contributed by atoms with Gasteiger partial charge in [-0.25, -0.2) is 4.39 Å². The van der Waals surface area contributed by atoms with Gasteiger partial charge in [-0.3, -0.25) is 4.79 Å². The van der Waals surface area contributed by atoms with E-state index in [0.717, 1.165) is 28.8 Å². The van der Waals surface area contributed by atoms with Gasteiger partial charge >= 0.3 is 0 Å². The zero-order valence-corrected chi connectivity index (χ0v) is 13.9. The highest BCUT2D eigenvalue weighted by atomic mass is 32.1. The number of halogens is 1. The predicted molar refractivity (Wildman–Crippen MR) is 89.5 cm³/mol. The summed E-state index contributed by atoms with van der Waals surface area (Å²) in [6, 6.07) is 8.51. The smallest absolute Gasteiger partial charge is 0.261 e.